The van der Waals surface area contributed by atoms with Crippen LogP contribution in [0.25, 0.3) is 5.65 Å². The van der Waals surface area contributed by atoms with E-state index in [0.717, 1.165) is 5.69 Å². The maximum absolute atomic E-state index is 12.4. The van der Waals surface area contributed by atoms with Crippen LogP contribution in [0.1, 0.15) is 23.1 Å². The highest BCUT2D eigenvalue weighted by molar-refractivity contribution is 6.31. The third kappa shape index (κ3) is 4.03. The van der Waals surface area contributed by atoms with Crippen molar-refractivity contribution >= 4 is 34.8 Å². The Hall–Kier alpha value is -3.06. The van der Waals surface area contributed by atoms with Crippen LogP contribution in [0.2, 0.25) is 5.02 Å². The van der Waals surface area contributed by atoms with Crippen molar-refractivity contribution in [3.8, 4) is 5.75 Å². The summed E-state index contributed by atoms with van der Waals surface area (Å²) in [4.78, 5) is 28.9. The zero-order valence-electron chi connectivity index (χ0n) is 15.0. The number of nitrogens with zero attached hydrogens (tertiary/aromatic N) is 2. The Bertz CT molecular complexity index is 1020. The van der Waals surface area contributed by atoms with Gasteiger partial charge in [0.05, 0.1) is 12.8 Å². The van der Waals surface area contributed by atoms with E-state index in [0.29, 0.717) is 22.1 Å². The number of aromatic nitrogens is 2. The van der Waals surface area contributed by atoms with Gasteiger partial charge >= 0.3 is 5.97 Å². The number of nitrogens with one attached hydrogen (secondary N) is 1. The maximum atomic E-state index is 12.4. The van der Waals surface area contributed by atoms with Crippen molar-refractivity contribution in [2.45, 2.75) is 20.0 Å². The van der Waals surface area contributed by atoms with Crippen LogP contribution in [0.4, 0.5) is 5.69 Å². The Morgan fingerprint density at radius 2 is 2.04 bits per heavy atom. The topological polar surface area (TPSA) is 81.9 Å². The lowest BCUT2D eigenvalue weighted by atomic mass is 10.2. The van der Waals surface area contributed by atoms with Gasteiger partial charge in [-0.2, -0.15) is 0 Å². The number of imidazole rings is 1. The molecule has 0 saturated heterocycles. The summed E-state index contributed by atoms with van der Waals surface area (Å²) in [5.74, 6) is -0.746. The summed E-state index contributed by atoms with van der Waals surface area (Å²) >= 11 is 5.95. The SMILES string of the molecule is COc1ccc(Cl)cc1NC(=O)C(C)OC(=O)c1cn2c(C)cccc2n1. The van der Waals surface area contributed by atoms with Crippen LogP contribution in [0, 0.1) is 6.92 Å². The van der Waals surface area contributed by atoms with Crippen molar-refractivity contribution in [2.24, 2.45) is 0 Å². The fourth-order valence-electron chi connectivity index (χ4n) is 2.53. The molecule has 2 aromatic heterocycles. The van der Waals surface area contributed by atoms with E-state index < -0.39 is 18.0 Å². The Labute approximate surface area is 160 Å². The molecule has 1 amide bonds. The second-order valence-corrected chi connectivity index (χ2v) is 6.34. The number of halogens is 1. The molecule has 1 atom stereocenters. The minimum absolute atomic E-state index is 0.129. The zero-order chi connectivity index (χ0) is 19.6. The molecule has 0 spiro atoms. The number of aryl methyl sites for hydroxylation is 1. The smallest absolute Gasteiger partial charge is 0.359 e. The molecule has 1 aromatic carbocycles. The van der Waals surface area contributed by atoms with Crippen LogP contribution < -0.4 is 10.1 Å². The maximum Gasteiger partial charge on any atom is 0.359 e. The normalized spacial score (nSPS) is 11.9. The minimum Gasteiger partial charge on any atom is -0.495 e. The van der Waals surface area contributed by atoms with Crippen LogP contribution in [0.5, 0.6) is 5.75 Å². The van der Waals surface area contributed by atoms with E-state index in [1.807, 2.05) is 19.1 Å². The number of fused-ring (bicyclic) bond motifs is 1. The Balaban J connectivity index is 1.71. The lowest BCUT2D eigenvalue weighted by molar-refractivity contribution is -0.123. The fraction of sp³-hybridized carbons (Fsp3) is 0.211. The summed E-state index contributed by atoms with van der Waals surface area (Å²) in [6.07, 6.45) is 0.546. The van der Waals surface area contributed by atoms with Gasteiger partial charge in [-0.1, -0.05) is 17.7 Å². The number of carbonyl (C=O) groups is 2. The number of ether oxygens (including phenoxy) is 2. The Kier molecular flexibility index (Phi) is 5.32. The number of hydrogen-bond donors (Lipinski definition) is 1. The molecule has 27 heavy (non-hydrogen) atoms. The van der Waals surface area contributed by atoms with E-state index in [9.17, 15) is 9.59 Å². The van der Waals surface area contributed by atoms with E-state index in [2.05, 4.69) is 10.3 Å². The summed E-state index contributed by atoms with van der Waals surface area (Å²) in [7, 11) is 1.48. The molecular weight excluding hydrogens is 370 g/mol. The molecule has 3 aromatic rings. The van der Waals surface area contributed by atoms with Crippen molar-refractivity contribution in [1.29, 1.82) is 0 Å². The summed E-state index contributed by atoms with van der Waals surface area (Å²) < 4.78 is 12.2. The van der Waals surface area contributed by atoms with Gasteiger partial charge in [-0.05, 0) is 44.2 Å². The standard InChI is InChI=1S/C19H18ClN3O4/c1-11-5-4-6-17-21-15(10-23(11)17)19(25)27-12(2)18(24)22-14-9-13(20)7-8-16(14)26-3/h4-10,12H,1-3H3,(H,22,24). The first-order valence-corrected chi connectivity index (χ1v) is 8.57. The highest BCUT2D eigenvalue weighted by atomic mass is 35.5. The molecule has 0 saturated carbocycles. The van der Waals surface area contributed by atoms with Gasteiger partial charge in [0.1, 0.15) is 11.4 Å². The number of hydrogen-bond acceptors (Lipinski definition) is 5. The van der Waals surface area contributed by atoms with Crippen molar-refractivity contribution in [3.05, 3.63) is 59.0 Å². The van der Waals surface area contributed by atoms with Gasteiger partial charge in [-0.25, -0.2) is 9.78 Å². The number of methoxy groups -OCH3 is 1. The molecule has 7 nitrogen and oxygen atoms in total. The molecular formula is C19H18ClN3O4. The summed E-state index contributed by atoms with van der Waals surface area (Å²) in [6.45, 7) is 3.38. The fourth-order valence-corrected chi connectivity index (χ4v) is 2.71. The van der Waals surface area contributed by atoms with Crippen molar-refractivity contribution < 1.29 is 19.1 Å². The van der Waals surface area contributed by atoms with Gasteiger partial charge in [0.15, 0.2) is 11.8 Å². The molecule has 0 aliphatic heterocycles. The van der Waals surface area contributed by atoms with Gasteiger partial charge in [0, 0.05) is 16.9 Å². The molecule has 140 valence electrons. The molecule has 0 aliphatic rings. The largest absolute Gasteiger partial charge is 0.495 e. The van der Waals surface area contributed by atoms with Gasteiger partial charge in [-0.3, -0.25) is 4.79 Å². The lowest BCUT2D eigenvalue weighted by Gasteiger charge is -2.15. The molecule has 0 aliphatic carbocycles. The van der Waals surface area contributed by atoms with Crippen LogP contribution >= 0.6 is 11.6 Å². The van der Waals surface area contributed by atoms with Crippen LogP contribution in [0.15, 0.2) is 42.6 Å². The average Bonchev–Trinajstić information content (AvgIpc) is 3.08. The monoisotopic (exact) mass is 387 g/mol. The van der Waals surface area contributed by atoms with Crippen molar-refractivity contribution in [3.63, 3.8) is 0 Å². The molecule has 0 radical (unpaired) electrons. The summed E-state index contributed by atoms with van der Waals surface area (Å²) in [5.41, 5.74) is 2.08. The molecule has 0 fully saturated rings. The Morgan fingerprint density at radius 3 is 2.74 bits per heavy atom. The first-order valence-electron chi connectivity index (χ1n) is 8.19. The molecule has 2 heterocycles. The number of esters is 1. The van der Waals surface area contributed by atoms with E-state index in [1.165, 1.54) is 14.0 Å². The second kappa shape index (κ2) is 7.67. The predicted molar refractivity (Wildman–Crippen MR) is 101 cm³/mol. The third-order valence-electron chi connectivity index (χ3n) is 3.98. The van der Waals surface area contributed by atoms with Gasteiger partial charge in [0.25, 0.3) is 5.91 Å². The number of anilines is 1. The van der Waals surface area contributed by atoms with E-state index in [-0.39, 0.29) is 5.69 Å². The van der Waals surface area contributed by atoms with Crippen LogP contribution in [-0.4, -0.2) is 34.5 Å². The molecule has 1 unspecified atom stereocenters. The molecule has 8 heteroatoms. The van der Waals surface area contributed by atoms with Gasteiger partial charge in [-0.15, -0.1) is 0 Å². The van der Waals surface area contributed by atoms with Gasteiger partial charge < -0.3 is 19.2 Å². The summed E-state index contributed by atoms with van der Waals surface area (Å²) in [5, 5.41) is 3.08. The molecule has 1 N–H and O–H groups in total. The second-order valence-electron chi connectivity index (χ2n) is 5.90. The minimum atomic E-state index is -1.04. The van der Waals surface area contributed by atoms with Gasteiger partial charge in [0.2, 0.25) is 0 Å². The number of carbonyl (C=O) groups excluding carboxylic acids is 2. The quantitative estimate of drug-likeness (QED) is 0.678. The van der Waals surface area contributed by atoms with E-state index in [1.54, 1.807) is 34.9 Å². The van der Waals surface area contributed by atoms with E-state index in [4.69, 9.17) is 21.1 Å². The first kappa shape index (κ1) is 18.7. The molecule has 0 bridgehead atoms. The van der Waals surface area contributed by atoms with Crippen LogP contribution in [0.3, 0.4) is 0 Å². The lowest BCUT2D eigenvalue weighted by Crippen LogP contribution is -2.30. The van der Waals surface area contributed by atoms with Crippen molar-refractivity contribution in [2.75, 3.05) is 12.4 Å². The predicted octanol–water partition coefficient (Wildman–Crippen LogP) is 3.49. The number of amides is 1. The molecule has 3 rings (SSSR count). The Morgan fingerprint density at radius 1 is 1.26 bits per heavy atom. The first-order chi connectivity index (χ1) is 12.9. The van der Waals surface area contributed by atoms with E-state index >= 15 is 0 Å². The third-order valence-corrected chi connectivity index (χ3v) is 4.21. The number of rotatable bonds is 5. The highest BCUT2D eigenvalue weighted by Gasteiger charge is 2.22. The zero-order valence-corrected chi connectivity index (χ0v) is 15.8. The summed E-state index contributed by atoms with van der Waals surface area (Å²) in [6, 6.07) is 10.4. The highest BCUT2D eigenvalue weighted by Crippen LogP contribution is 2.27. The number of pyridine rings is 1. The average molecular weight is 388 g/mol. The van der Waals surface area contributed by atoms with Crippen LogP contribution in [-0.2, 0) is 9.53 Å². The number of benzene rings is 1. The van der Waals surface area contributed by atoms with Crippen molar-refractivity contribution in [1.82, 2.24) is 9.38 Å².